The van der Waals surface area contributed by atoms with Crippen LogP contribution >= 0.6 is 0 Å². The van der Waals surface area contributed by atoms with Crippen molar-refractivity contribution in [2.75, 3.05) is 0 Å². The first kappa shape index (κ1) is 11.6. The maximum atomic E-state index is 14.0. The van der Waals surface area contributed by atoms with Gasteiger partial charge in [-0.25, -0.2) is 4.39 Å². The molecule has 88 valence electrons. The predicted octanol–water partition coefficient (Wildman–Crippen LogP) is 3.54. The molecule has 0 saturated carbocycles. The molecule has 17 heavy (non-hydrogen) atoms. The van der Waals surface area contributed by atoms with E-state index in [1.54, 1.807) is 32.0 Å². The van der Waals surface area contributed by atoms with Gasteiger partial charge in [-0.05, 0) is 11.5 Å². The molecule has 2 aromatic rings. The van der Waals surface area contributed by atoms with E-state index in [1.807, 2.05) is 12.1 Å². The van der Waals surface area contributed by atoms with Crippen molar-refractivity contribution in [2.45, 2.75) is 13.8 Å². The molecule has 0 aliphatic carbocycles. The van der Waals surface area contributed by atoms with E-state index in [0.717, 1.165) is 5.39 Å². The molecule has 0 spiro atoms. The van der Waals surface area contributed by atoms with Crippen molar-refractivity contribution in [3.05, 3.63) is 42.2 Å². The van der Waals surface area contributed by atoms with Crippen LogP contribution in [0.25, 0.3) is 10.8 Å². The largest absolute Gasteiger partial charge is 0.423 e. The fourth-order valence-corrected chi connectivity index (χ4v) is 1.52. The molecule has 0 fully saturated rings. The average Bonchev–Trinajstić information content (AvgIpc) is 2.33. The number of carbonyl (C=O) groups is 1. The Hall–Kier alpha value is -1.90. The number of halogens is 1. The van der Waals surface area contributed by atoms with Crippen LogP contribution in [0.3, 0.4) is 0 Å². The SMILES string of the molecule is CC(C)C(=O)Oc1ccc2ccccc2c1F. The molecule has 0 aromatic heterocycles. The lowest BCUT2D eigenvalue weighted by atomic mass is 10.1. The predicted molar refractivity (Wildman–Crippen MR) is 64.4 cm³/mol. The molecule has 0 bridgehead atoms. The highest BCUT2D eigenvalue weighted by molar-refractivity contribution is 5.85. The highest BCUT2D eigenvalue weighted by atomic mass is 19.1. The zero-order valence-electron chi connectivity index (χ0n) is 9.74. The standard InChI is InChI=1S/C14H13FO2/c1-9(2)14(16)17-12-8-7-10-5-3-4-6-11(10)13(12)15/h3-9H,1-2H3. The third-order valence-electron chi connectivity index (χ3n) is 2.51. The molecular formula is C14H13FO2. The number of fused-ring (bicyclic) bond motifs is 1. The maximum absolute atomic E-state index is 14.0. The first-order valence-corrected chi connectivity index (χ1v) is 5.48. The van der Waals surface area contributed by atoms with Crippen LogP contribution in [-0.4, -0.2) is 5.97 Å². The molecule has 0 radical (unpaired) electrons. The van der Waals surface area contributed by atoms with Gasteiger partial charge in [0.25, 0.3) is 0 Å². The smallest absolute Gasteiger partial charge is 0.313 e. The van der Waals surface area contributed by atoms with Crippen LogP contribution in [-0.2, 0) is 4.79 Å². The average molecular weight is 232 g/mol. The van der Waals surface area contributed by atoms with E-state index < -0.39 is 11.8 Å². The molecule has 2 rings (SSSR count). The van der Waals surface area contributed by atoms with Gasteiger partial charge in [0.1, 0.15) is 0 Å². The summed E-state index contributed by atoms with van der Waals surface area (Å²) in [5.41, 5.74) is 0. The quantitative estimate of drug-likeness (QED) is 0.584. The van der Waals surface area contributed by atoms with Gasteiger partial charge in [0, 0.05) is 5.39 Å². The third kappa shape index (κ3) is 2.28. The molecule has 0 atom stereocenters. The van der Waals surface area contributed by atoms with Crippen LogP contribution in [0.4, 0.5) is 4.39 Å². The Morgan fingerprint density at radius 1 is 1.18 bits per heavy atom. The lowest BCUT2D eigenvalue weighted by Gasteiger charge is -2.09. The summed E-state index contributed by atoms with van der Waals surface area (Å²) in [6, 6.07) is 10.3. The molecule has 0 saturated heterocycles. The van der Waals surface area contributed by atoms with Gasteiger partial charge < -0.3 is 4.74 Å². The number of carbonyl (C=O) groups excluding carboxylic acids is 1. The van der Waals surface area contributed by atoms with Crippen LogP contribution in [0, 0.1) is 11.7 Å². The summed E-state index contributed by atoms with van der Waals surface area (Å²) in [7, 11) is 0. The van der Waals surface area contributed by atoms with E-state index >= 15 is 0 Å². The second-order valence-corrected chi connectivity index (χ2v) is 4.17. The van der Waals surface area contributed by atoms with E-state index in [1.165, 1.54) is 6.07 Å². The van der Waals surface area contributed by atoms with E-state index in [0.29, 0.717) is 5.39 Å². The Morgan fingerprint density at radius 3 is 2.59 bits per heavy atom. The number of rotatable bonds is 2. The first-order chi connectivity index (χ1) is 8.09. The van der Waals surface area contributed by atoms with Crippen molar-refractivity contribution < 1.29 is 13.9 Å². The van der Waals surface area contributed by atoms with Crippen LogP contribution in [0.5, 0.6) is 5.75 Å². The summed E-state index contributed by atoms with van der Waals surface area (Å²) in [5, 5.41) is 1.25. The summed E-state index contributed by atoms with van der Waals surface area (Å²) in [6.45, 7) is 3.42. The first-order valence-electron chi connectivity index (χ1n) is 5.48. The monoisotopic (exact) mass is 232 g/mol. The van der Waals surface area contributed by atoms with Crippen LogP contribution in [0.1, 0.15) is 13.8 Å². The Kier molecular flexibility index (Phi) is 3.09. The molecule has 2 nitrogen and oxygen atoms in total. The lowest BCUT2D eigenvalue weighted by Crippen LogP contribution is -2.15. The number of benzene rings is 2. The zero-order chi connectivity index (χ0) is 12.4. The van der Waals surface area contributed by atoms with Crippen molar-refractivity contribution in [2.24, 2.45) is 5.92 Å². The Morgan fingerprint density at radius 2 is 1.88 bits per heavy atom. The molecule has 0 aliphatic heterocycles. The zero-order valence-corrected chi connectivity index (χ0v) is 9.74. The number of ether oxygens (including phenoxy) is 1. The molecule has 0 N–H and O–H groups in total. The van der Waals surface area contributed by atoms with Gasteiger partial charge in [-0.3, -0.25) is 4.79 Å². The molecule has 2 aromatic carbocycles. The molecule has 3 heteroatoms. The fourth-order valence-electron chi connectivity index (χ4n) is 1.52. The van der Waals surface area contributed by atoms with Gasteiger partial charge in [0.05, 0.1) is 5.92 Å². The van der Waals surface area contributed by atoms with Gasteiger partial charge >= 0.3 is 5.97 Å². The second kappa shape index (κ2) is 4.53. The van der Waals surface area contributed by atoms with E-state index in [9.17, 15) is 9.18 Å². The van der Waals surface area contributed by atoms with E-state index in [2.05, 4.69) is 0 Å². The third-order valence-corrected chi connectivity index (χ3v) is 2.51. The van der Waals surface area contributed by atoms with E-state index in [4.69, 9.17) is 4.74 Å². The highest BCUT2D eigenvalue weighted by Crippen LogP contribution is 2.26. The van der Waals surface area contributed by atoms with Gasteiger partial charge in [0.2, 0.25) is 0 Å². The van der Waals surface area contributed by atoms with Crippen molar-refractivity contribution >= 4 is 16.7 Å². The topological polar surface area (TPSA) is 26.3 Å². The maximum Gasteiger partial charge on any atom is 0.313 e. The van der Waals surface area contributed by atoms with Gasteiger partial charge in [-0.2, -0.15) is 0 Å². The molecule has 0 aliphatic rings. The van der Waals surface area contributed by atoms with Crippen molar-refractivity contribution in [1.29, 1.82) is 0 Å². The van der Waals surface area contributed by atoms with Crippen LogP contribution in [0.2, 0.25) is 0 Å². The molecule has 0 heterocycles. The Bertz CT molecular complexity index is 561. The number of esters is 1. The fraction of sp³-hybridized carbons (Fsp3) is 0.214. The summed E-state index contributed by atoms with van der Waals surface area (Å²) >= 11 is 0. The van der Waals surface area contributed by atoms with Crippen LogP contribution in [0.15, 0.2) is 36.4 Å². The Balaban J connectivity index is 2.43. The normalized spacial score (nSPS) is 10.8. The van der Waals surface area contributed by atoms with Gasteiger partial charge in [0.15, 0.2) is 11.6 Å². The van der Waals surface area contributed by atoms with E-state index in [-0.39, 0.29) is 11.7 Å². The highest BCUT2D eigenvalue weighted by Gasteiger charge is 2.14. The number of hydrogen-bond donors (Lipinski definition) is 0. The van der Waals surface area contributed by atoms with Crippen molar-refractivity contribution in [1.82, 2.24) is 0 Å². The summed E-state index contributed by atoms with van der Waals surface area (Å²) < 4.78 is 19.0. The van der Waals surface area contributed by atoms with Gasteiger partial charge in [-0.15, -0.1) is 0 Å². The lowest BCUT2D eigenvalue weighted by molar-refractivity contribution is -0.137. The second-order valence-electron chi connectivity index (χ2n) is 4.17. The number of hydrogen-bond acceptors (Lipinski definition) is 2. The molecule has 0 unspecified atom stereocenters. The minimum absolute atomic E-state index is 0.0117. The Labute approximate surface area is 99.0 Å². The molecule has 0 amide bonds. The van der Waals surface area contributed by atoms with Crippen molar-refractivity contribution in [3.8, 4) is 5.75 Å². The molecular weight excluding hydrogens is 219 g/mol. The van der Waals surface area contributed by atoms with Crippen molar-refractivity contribution in [3.63, 3.8) is 0 Å². The summed E-state index contributed by atoms with van der Waals surface area (Å²) in [5.74, 6) is -1.21. The summed E-state index contributed by atoms with van der Waals surface area (Å²) in [4.78, 5) is 11.4. The minimum atomic E-state index is -0.489. The summed E-state index contributed by atoms with van der Waals surface area (Å²) in [6.07, 6.45) is 0. The van der Waals surface area contributed by atoms with Crippen LogP contribution < -0.4 is 4.74 Å². The van der Waals surface area contributed by atoms with Gasteiger partial charge in [-0.1, -0.05) is 44.2 Å². The minimum Gasteiger partial charge on any atom is -0.423 e.